The minimum absolute atomic E-state index is 0. The van der Waals surface area contributed by atoms with E-state index in [4.69, 9.17) is 23.7 Å². The number of hydrogen-bond donors (Lipinski definition) is 1. The molecule has 33 heavy (non-hydrogen) atoms. The van der Waals surface area contributed by atoms with Gasteiger partial charge in [0.1, 0.15) is 11.6 Å². The number of nitrogens with one attached hydrogen (secondary N) is 1. The number of fused-ring (bicyclic) bond motifs is 1. The molecule has 0 bridgehead atoms. The van der Waals surface area contributed by atoms with Gasteiger partial charge in [0.2, 0.25) is 13.6 Å². The molecule has 184 valence electrons. The zero-order valence-corrected chi connectivity index (χ0v) is 19.6. The minimum atomic E-state index is -0.970. The number of carbonyl (C=O) groups is 4. The molecule has 0 spiro atoms. The number of rotatable bonds is 8. The van der Waals surface area contributed by atoms with Crippen molar-refractivity contribution >= 4 is 23.9 Å². The predicted octanol–water partition coefficient (Wildman–Crippen LogP) is 3.10. The summed E-state index contributed by atoms with van der Waals surface area (Å²) < 4.78 is 25.5. The minimum Gasteiger partial charge on any atom is -0.454 e. The number of esters is 1. The number of Topliss-reactive ketones (excluding diaryl/α,β-unsaturated/α-hetero) is 1. The van der Waals surface area contributed by atoms with E-state index >= 15 is 0 Å². The molecule has 1 unspecified atom stereocenters. The molecule has 1 heterocycles. The smallest absolute Gasteiger partial charge is 0.413 e. The van der Waals surface area contributed by atoms with E-state index in [1.165, 1.54) is 14.0 Å². The molecule has 11 heteroatoms. The third-order valence-electron chi connectivity index (χ3n) is 4.67. The molecular weight excluding hydrogens is 436 g/mol. The van der Waals surface area contributed by atoms with E-state index in [2.05, 4.69) is 5.32 Å². The second kappa shape index (κ2) is 10.9. The monoisotopic (exact) mass is 468 g/mol. The van der Waals surface area contributed by atoms with Gasteiger partial charge in [-0.05, 0) is 52.3 Å². The van der Waals surface area contributed by atoms with Crippen LogP contribution in [-0.4, -0.2) is 67.2 Å². The topological polar surface area (TPSA) is 130 Å². The quantitative estimate of drug-likeness (QED) is 0.347. The van der Waals surface area contributed by atoms with Crippen molar-refractivity contribution in [2.75, 3.05) is 20.6 Å². The van der Waals surface area contributed by atoms with Gasteiger partial charge in [0.05, 0.1) is 6.04 Å². The Morgan fingerprint density at radius 2 is 1.82 bits per heavy atom. The lowest BCUT2D eigenvalue weighted by atomic mass is 10.0. The summed E-state index contributed by atoms with van der Waals surface area (Å²) in [4.78, 5) is 50.1. The fourth-order valence-corrected chi connectivity index (χ4v) is 2.74. The van der Waals surface area contributed by atoms with Crippen molar-refractivity contribution in [2.45, 2.75) is 58.7 Å². The van der Waals surface area contributed by atoms with E-state index in [0.29, 0.717) is 17.1 Å². The van der Waals surface area contributed by atoms with Gasteiger partial charge >= 0.3 is 18.2 Å². The fourth-order valence-electron chi connectivity index (χ4n) is 2.74. The standard InChI is InChI=1S/C22H30N2O9.H2/c1-7-15(23-20(27)33-22(3,4)5)19(26)31-12-32-21(28)24(6)13(2)18(25)14-8-9-16-17(10-14)30-11-29-16;/h8-10,13,15H,7,11-12H2,1-6H3,(H,23,27);1H/t13?,15-;/m0./s1. The van der Waals surface area contributed by atoms with E-state index in [-0.39, 0.29) is 20.4 Å². The lowest BCUT2D eigenvalue weighted by Crippen LogP contribution is -2.44. The van der Waals surface area contributed by atoms with Crippen molar-refractivity contribution < 1.29 is 44.3 Å². The van der Waals surface area contributed by atoms with E-state index in [9.17, 15) is 19.2 Å². The average molecular weight is 469 g/mol. The Morgan fingerprint density at radius 3 is 2.45 bits per heavy atom. The highest BCUT2D eigenvalue weighted by Crippen LogP contribution is 2.33. The molecule has 1 aliphatic rings. The third-order valence-corrected chi connectivity index (χ3v) is 4.67. The SMILES string of the molecule is CC[C@H](NC(=O)OC(C)(C)C)C(=O)OCOC(=O)N(C)C(C)C(=O)c1ccc2c(c1)OCO2.[HH]. The number of benzene rings is 1. The van der Waals surface area contributed by atoms with Crippen LogP contribution in [0.3, 0.4) is 0 Å². The lowest BCUT2D eigenvalue weighted by Gasteiger charge is -2.24. The first kappa shape index (κ1) is 25.8. The molecule has 0 saturated heterocycles. The number of nitrogens with zero attached hydrogens (tertiary/aromatic N) is 1. The first-order valence-electron chi connectivity index (χ1n) is 10.4. The predicted molar refractivity (Wildman–Crippen MR) is 117 cm³/mol. The third kappa shape index (κ3) is 7.26. The maximum absolute atomic E-state index is 12.7. The second-order valence-electron chi connectivity index (χ2n) is 8.32. The zero-order chi connectivity index (χ0) is 24.8. The highest BCUT2D eigenvalue weighted by atomic mass is 16.7. The summed E-state index contributed by atoms with van der Waals surface area (Å²) in [6.07, 6.45) is -1.39. The maximum atomic E-state index is 12.7. The summed E-state index contributed by atoms with van der Waals surface area (Å²) in [5, 5.41) is 2.40. The lowest BCUT2D eigenvalue weighted by molar-refractivity contribution is -0.155. The summed E-state index contributed by atoms with van der Waals surface area (Å²) >= 11 is 0. The van der Waals surface area contributed by atoms with Gasteiger partial charge in [-0.2, -0.15) is 0 Å². The van der Waals surface area contributed by atoms with E-state index < -0.39 is 42.6 Å². The van der Waals surface area contributed by atoms with Gasteiger partial charge in [0.25, 0.3) is 0 Å². The van der Waals surface area contributed by atoms with Crippen LogP contribution in [0.1, 0.15) is 52.8 Å². The Morgan fingerprint density at radius 1 is 1.15 bits per heavy atom. The molecule has 1 aromatic carbocycles. The van der Waals surface area contributed by atoms with Crippen LogP contribution in [0.4, 0.5) is 9.59 Å². The Balaban J connectivity index is 0.00000578. The van der Waals surface area contributed by atoms with Crippen molar-refractivity contribution in [3.63, 3.8) is 0 Å². The Hall–Kier alpha value is -3.50. The zero-order valence-electron chi connectivity index (χ0n) is 19.6. The van der Waals surface area contributed by atoms with Gasteiger partial charge in [0.15, 0.2) is 17.3 Å². The molecule has 2 rings (SSSR count). The van der Waals surface area contributed by atoms with Gasteiger partial charge in [-0.15, -0.1) is 0 Å². The second-order valence-corrected chi connectivity index (χ2v) is 8.32. The van der Waals surface area contributed by atoms with Crippen molar-refractivity contribution in [3.8, 4) is 11.5 Å². The summed E-state index contributed by atoms with van der Waals surface area (Å²) in [6, 6.07) is 2.92. The number of ether oxygens (including phenoxy) is 5. The normalized spacial score (nSPS) is 14.0. The summed E-state index contributed by atoms with van der Waals surface area (Å²) in [7, 11) is 1.39. The van der Waals surface area contributed by atoms with Gasteiger partial charge in [-0.25, -0.2) is 14.4 Å². The molecule has 2 atom stereocenters. The molecule has 2 amide bonds. The van der Waals surface area contributed by atoms with Crippen LogP contribution in [0.25, 0.3) is 0 Å². The van der Waals surface area contributed by atoms with E-state index in [1.807, 2.05) is 0 Å². The van der Waals surface area contributed by atoms with Gasteiger partial charge in [-0.1, -0.05) is 6.92 Å². The number of likely N-dealkylation sites (N-methyl/N-ethyl adjacent to an activating group) is 1. The molecule has 0 radical (unpaired) electrons. The van der Waals surface area contributed by atoms with Crippen LogP contribution in [-0.2, 0) is 19.0 Å². The first-order valence-corrected chi connectivity index (χ1v) is 10.4. The summed E-state index contributed by atoms with van der Waals surface area (Å²) in [5.74, 6) is -0.128. The van der Waals surface area contributed by atoms with Gasteiger partial charge in [0, 0.05) is 14.0 Å². The molecule has 0 aromatic heterocycles. The number of carbonyl (C=O) groups excluding carboxylic acids is 4. The average Bonchev–Trinajstić information content (AvgIpc) is 3.22. The highest BCUT2D eigenvalue weighted by Gasteiger charge is 2.28. The fraction of sp³-hybridized carbons (Fsp3) is 0.545. The molecule has 11 nitrogen and oxygen atoms in total. The summed E-state index contributed by atoms with van der Waals surface area (Å²) in [5.41, 5.74) is -0.377. The molecule has 0 saturated carbocycles. The van der Waals surface area contributed by atoms with Crippen LogP contribution in [0.5, 0.6) is 11.5 Å². The van der Waals surface area contributed by atoms with Crippen LogP contribution in [0.2, 0.25) is 0 Å². The first-order chi connectivity index (χ1) is 15.4. The molecule has 1 aromatic rings. The van der Waals surface area contributed by atoms with Gasteiger partial charge in [-0.3, -0.25) is 4.79 Å². The van der Waals surface area contributed by atoms with Crippen molar-refractivity contribution in [1.82, 2.24) is 10.2 Å². The van der Waals surface area contributed by atoms with Crippen molar-refractivity contribution in [2.24, 2.45) is 0 Å². The number of hydrogen-bond acceptors (Lipinski definition) is 9. The molecule has 0 fully saturated rings. The molecule has 1 aliphatic heterocycles. The van der Waals surface area contributed by atoms with Crippen LogP contribution < -0.4 is 14.8 Å². The Bertz CT molecular complexity index is 901. The van der Waals surface area contributed by atoms with Crippen LogP contribution in [0, 0.1) is 0 Å². The van der Waals surface area contributed by atoms with Gasteiger partial charge < -0.3 is 33.9 Å². The molecular formula is C22H32N2O9. The highest BCUT2D eigenvalue weighted by molar-refractivity contribution is 6.01. The maximum Gasteiger partial charge on any atom is 0.413 e. The van der Waals surface area contributed by atoms with E-state index in [0.717, 1.165) is 4.90 Å². The number of amides is 2. The van der Waals surface area contributed by atoms with Crippen LogP contribution in [0.15, 0.2) is 18.2 Å². The number of alkyl carbamates (subject to hydrolysis) is 1. The largest absolute Gasteiger partial charge is 0.454 e. The van der Waals surface area contributed by atoms with Crippen LogP contribution >= 0.6 is 0 Å². The molecule has 1 N–H and O–H groups in total. The Labute approximate surface area is 193 Å². The Kier molecular flexibility index (Phi) is 8.50. The van der Waals surface area contributed by atoms with Crippen molar-refractivity contribution in [3.05, 3.63) is 23.8 Å². The summed E-state index contributed by atoms with van der Waals surface area (Å²) in [6.45, 7) is 7.70. The number of ketones is 1. The molecule has 0 aliphatic carbocycles. The van der Waals surface area contributed by atoms with Crippen molar-refractivity contribution in [1.29, 1.82) is 0 Å². The van der Waals surface area contributed by atoms with E-state index in [1.54, 1.807) is 45.9 Å².